The van der Waals surface area contributed by atoms with Crippen molar-refractivity contribution in [1.29, 1.82) is 0 Å². The minimum absolute atomic E-state index is 0.0346. The van der Waals surface area contributed by atoms with Gasteiger partial charge >= 0.3 is 5.97 Å². The summed E-state index contributed by atoms with van der Waals surface area (Å²) in [5.74, 6) is -1.31. The minimum atomic E-state index is -0.689. The second kappa shape index (κ2) is 8.31. The molecule has 0 unspecified atom stereocenters. The van der Waals surface area contributed by atoms with Crippen molar-refractivity contribution in [3.05, 3.63) is 72.0 Å². The first-order chi connectivity index (χ1) is 13.1. The standard InChI is InChI=1S/C21H17FO5/c1-25-20-9-7-16(11-18(20)22)19(23)12-27-21(24)13-26-17-8-6-14-4-2-3-5-15(14)10-17/h2-11H,12-13H2,1H3. The van der Waals surface area contributed by atoms with Crippen LogP contribution in [0.1, 0.15) is 10.4 Å². The molecule has 0 fully saturated rings. The molecule has 3 rings (SSSR count). The van der Waals surface area contributed by atoms with Crippen LogP contribution in [0.4, 0.5) is 4.39 Å². The summed E-state index contributed by atoms with van der Waals surface area (Å²) < 4.78 is 28.7. The summed E-state index contributed by atoms with van der Waals surface area (Å²) >= 11 is 0. The number of rotatable bonds is 7. The predicted octanol–water partition coefficient (Wildman–Crippen LogP) is 3.79. The average Bonchev–Trinajstić information content (AvgIpc) is 2.70. The first-order valence-corrected chi connectivity index (χ1v) is 8.21. The van der Waals surface area contributed by atoms with Crippen LogP contribution in [0.3, 0.4) is 0 Å². The van der Waals surface area contributed by atoms with E-state index in [1.807, 2.05) is 36.4 Å². The van der Waals surface area contributed by atoms with Gasteiger partial charge in [0.1, 0.15) is 5.75 Å². The molecule has 0 radical (unpaired) electrons. The number of hydrogen-bond donors (Lipinski definition) is 0. The van der Waals surface area contributed by atoms with Crippen molar-refractivity contribution in [2.24, 2.45) is 0 Å². The Kier molecular flexibility index (Phi) is 5.66. The second-order valence-corrected chi connectivity index (χ2v) is 5.73. The molecule has 27 heavy (non-hydrogen) atoms. The lowest BCUT2D eigenvalue weighted by Crippen LogP contribution is -2.19. The van der Waals surface area contributed by atoms with Crippen LogP contribution < -0.4 is 9.47 Å². The molecule has 0 N–H and O–H groups in total. The van der Waals surface area contributed by atoms with Gasteiger partial charge in [0.2, 0.25) is 0 Å². The summed E-state index contributed by atoms with van der Waals surface area (Å²) in [5, 5.41) is 2.05. The molecule has 138 valence electrons. The number of benzene rings is 3. The third-order valence-electron chi connectivity index (χ3n) is 3.92. The SMILES string of the molecule is COc1ccc(C(=O)COC(=O)COc2ccc3ccccc3c2)cc1F. The molecule has 0 spiro atoms. The van der Waals surface area contributed by atoms with Crippen LogP contribution in [0.25, 0.3) is 10.8 Å². The number of carbonyl (C=O) groups excluding carboxylic acids is 2. The Bertz CT molecular complexity index is 983. The highest BCUT2D eigenvalue weighted by atomic mass is 19.1. The number of hydrogen-bond acceptors (Lipinski definition) is 5. The van der Waals surface area contributed by atoms with Crippen LogP contribution in [-0.4, -0.2) is 32.1 Å². The fourth-order valence-electron chi connectivity index (χ4n) is 2.51. The number of methoxy groups -OCH3 is 1. The van der Waals surface area contributed by atoms with Gasteiger partial charge < -0.3 is 14.2 Å². The van der Waals surface area contributed by atoms with Crippen molar-refractivity contribution in [1.82, 2.24) is 0 Å². The molecule has 0 bridgehead atoms. The Hall–Kier alpha value is -3.41. The van der Waals surface area contributed by atoms with Crippen LogP contribution in [-0.2, 0) is 9.53 Å². The van der Waals surface area contributed by atoms with E-state index in [0.29, 0.717) is 5.75 Å². The van der Waals surface area contributed by atoms with Gasteiger partial charge in [0, 0.05) is 5.56 Å². The highest BCUT2D eigenvalue weighted by Gasteiger charge is 2.13. The first kappa shape index (κ1) is 18.4. The van der Waals surface area contributed by atoms with Gasteiger partial charge in [-0.05, 0) is 41.1 Å². The number of fused-ring (bicyclic) bond motifs is 1. The van der Waals surface area contributed by atoms with Gasteiger partial charge in [0.25, 0.3) is 0 Å². The Labute approximate surface area is 155 Å². The van der Waals surface area contributed by atoms with Crippen LogP contribution in [0.5, 0.6) is 11.5 Å². The molecule has 0 aliphatic heterocycles. The van der Waals surface area contributed by atoms with Gasteiger partial charge in [-0.2, -0.15) is 0 Å². The average molecular weight is 368 g/mol. The Morgan fingerprint density at radius 3 is 2.44 bits per heavy atom. The number of esters is 1. The lowest BCUT2D eigenvalue weighted by Gasteiger charge is -2.08. The summed E-state index contributed by atoms with van der Waals surface area (Å²) in [6.45, 7) is -0.825. The van der Waals surface area contributed by atoms with Crippen molar-refractivity contribution in [3.8, 4) is 11.5 Å². The van der Waals surface area contributed by atoms with E-state index < -0.39 is 24.2 Å². The molecule has 0 saturated carbocycles. The van der Waals surface area contributed by atoms with Gasteiger partial charge in [0.15, 0.2) is 30.6 Å². The Balaban J connectivity index is 1.51. The van der Waals surface area contributed by atoms with E-state index in [4.69, 9.17) is 14.2 Å². The number of ketones is 1. The molecule has 3 aromatic rings. The molecular weight excluding hydrogens is 351 g/mol. The van der Waals surface area contributed by atoms with E-state index in [0.717, 1.165) is 16.8 Å². The van der Waals surface area contributed by atoms with E-state index >= 15 is 0 Å². The molecule has 0 heterocycles. The fourth-order valence-corrected chi connectivity index (χ4v) is 2.51. The van der Waals surface area contributed by atoms with Gasteiger partial charge in [-0.1, -0.05) is 30.3 Å². The van der Waals surface area contributed by atoms with Crippen molar-refractivity contribution in [3.63, 3.8) is 0 Å². The fraction of sp³-hybridized carbons (Fsp3) is 0.143. The van der Waals surface area contributed by atoms with E-state index in [-0.39, 0.29) is 17.9 Å². The van der Waals surface area contributed by atoms with Crippen molar-refractivity contribution in [2.45, 2.75) is 0 Å². The summed E-state index contributed by atoms with van der Waals surface area (Å²) in [5.41, 5.74) is 0.0940. The van der Waals surface area contributed by atoms with Gasteiger partial charge in [-0.25, -0.2) is 9.18 Å². The number of Topliss-reactive ketones (excluding diaryl/α,β-unsaturated/α-hetero) is 1. The maximum absolute atomic E-state index is 13.6. The van der Waals surface area contributed by atoms with Gasteiger partial charge in [-0.3, -0.25) is 4.79 Å². The predicted molar refractivity (Wildman–Crippen MR) is 97.7 cm³/mol. The maximum Gasteiger partial charge on any atom is 0.344 e. The largest absolute Gasteiger partial charge is 0.494 e. The number of halogens is 1. The molecule has 3 aromatic carbocycles. The Morgan fingerprint density at radius 2 is 1.70 bits per heavy atom. The zero-order valence-electron chi connectivity index (χ0n) is 14.6. The Morgan fingerprint density at radius 1 is 0.926 bits per heavy atom. The smallest absolute Gasteiger partial charge is 0.344 e. The first-order valence-electron chi connectivity index (χ1n) is 8.21. The van der Waals surface area contributed by atoms with Crippen LogP contribution >= 0.6 is 0 Å². The quantitative estimate of drug-likeness (QED) is 0.469. The lowest BCUT2D eigenvalue weighted by molar-refractivity contribution is -0.144. The van der Waals surface area contributed by atoms with Gasteiger partial charge in [0.05, 0.1) is 7.11 Å². The maximum atomic E-state index is 13.6. The number of ether oxygens (including phenoxy) is 3. The van der Waals surface area contributed by atoms with Crippen LogP contribution in [0.15, 0.2) is 60.7 Å². The van der Waals surface area contributed by atoms with Crippen molar-refractivity contribution < 1.29 is 28.2 Å². The highest BCUT2D eigenvalue weighted by molar-refractivity contribution is 5.98. The topological polar surface area (TPSA) is 61.8 Å². The second-order valence-electron chi connectivity index (χ2n) is 5.73. The van der Waals surface area contributed by atoms with Crippen LogP contribution in [0, 0.1) is 5.82 Å². The van der Waals surface area contributed by atoms with E-state index in [9.17, 15) is 14.0 Å². The zero-order valence-corrected chi connectivity index (χ0v) is 14.6. The van der Waals surface area contributed by atoms with Crippen LogP contribution in [0.2, 0.25) is 0 Å². The van der Waals surface area contributed by atoms with Gasteiger partial charge in [-0.15, -0.1) is 0 Å². The molecule has 6 heteroatoms. The van der Waals surface area contributed by atoms with Crippen molar-refractivity contribution in [2.75, 3.05) is 20.3 Å². The third-order valence-corrected chi connectivity index (χ3v) is 3.92. The monoisotopic (exact) mass is 368 g/mol. The van der Waals surface area contributed by atoms with Crippen molar-refractivity contribution >= 4 is 22.5 Å². The number of carbonyl (C=O) groups is 2. The molecule has 0 aliphatic rings. The molecule has 5 nitrogen and oxygen atoms in total. The van der Waals surface area contributed by atoms with E-state index in [1.54, 1.807) is 6.07 Å². The highest BCUT2D eigenvalue weighted by Crippen LogP contribution is 2.20. The minimum Gasteiger partial charge on any atom is -0.494 e. The molecule has 0 amide bonds. The molecule has 0 saturated heterocycles. The third kappa shape index (κ3) is 4.61. The summed E-state index contributed by atoms with van der Waals surface area (Å²) in [6, 6.07) is 17.0. The normalized spacial score (nSPS) is 10.4. The zero-order chi connectivity index (χ0) is 19.2. The summed E-state index contributed by atoms with van der Waals surface area (Å²) in [7, 11) is 1.33. The summed E-state index contributed by atoms with van der Waals surface area (Å²) in [6.07, 6.45) is 0. The van der Waals surface area contributed by atoms with E-state index in [1.165, 1.54) is 19.2 Å². The summed E-state index contributed by atoms with van der Waals surface area (Å²) in [4.78, 5) is 23.8. The molecule has 0 aromatic heterocycles. The molecule has 0 atom stereocenters. The lowest BCUT2D eigenvalue weighted by atomic mass is 10.1. The molecule has 0 aliphatic carbocycles. The van der Waals surface area contributed by atoms with E-state index in [2.05, 4.69) is 0 Å². The molecular formula is C21H17FO5.